The Kier molecular flexibility index (Phi) is 5.53. The van der Waals surface area contributed by atoms with Gasteiger partial charge in [-0.15, -0.1) is 11.3 Å². The molecular weight excluding hydrogens is 362 g/mol. The second kappa shape index (κ2) is 8.00. The van der Waals surface area contributed by atoms with E-state index in [-0.39, 0.29) is 5.69 Å². The summed E-state index contributed by atoms with van der Waals surface area (Å²) < 4.78 is 11.2. The highest BCUT2D eigenvalue weighted by atomic mass is 35.5. The average molecular weight is 376 g/mol. The summed E-state index contributed by atoms with van der Waals surface area (Å²) in [5.74, 6) is 0.295. The molecule has 3 aromatic rings. The molecule has 0 saturated heterocycles. The molecule has 0 aliphatic rings. The second-order valence-electron chi connectivity index (χ2n) is 4.99. The number of ether oxygens (including phenoxy) is 2. The lowest BCUT2D eigenvalue weighted by Crippen LogP contribution is -2.09. The van der Waals surface area contributed by atoms with Crippen LogP contribution in [0.2, 0.25) is 5.02 Å². The molecule has 2 aromatic carbocycles. The van der Waals surface area contributed by atoms with Crippen LogP contribution in [-0.2, 0) is 0 Å². The van der Waals surface area contributed by atoms with Gasteiger partial charge in [0.05, 0.1) is 5.02 Å². The Bertz CT molecular complexity index is 864. The van der Waals surface area contributed by atoms with E-state index in [1.165, 1.54) is 16.7 Å². The topological polar surface area (TPSA) is 68.7 Å². The van der Waals surface area contributed by atoms with E-state index in [1.54, 1.807) is 12.1 Å². The molecule has 1 aromatic heterocycles. The van der Waals surface area contributed by atoms with Crippen LogP contribution in [0.4, 0.5) is 0 Å². The van der Waals surface area contributed by atoms with Crippen molar-refractivity contribution in [1.82, 2.24) is 4.98 Å². The number of nitrogens with zero attached hydrogens (tertiary/aromatic N) is 1. The van der Waals surface area contributed by atoms with Crippen molar-refractivity contribution in [3.8, 4) is 22.1 Å². The third-order valence-electron chi connectivity index (χ3n) is 3.27. The number of hydrogen-bond acceptors (Lipinski definition) is 5. The number of thiazole rings is 1. The number of halogens is 1. The van der Waals surface area contributed by atoms with Crippen LogP contribution in [-0.4, -0.2) is 29.3 Å². The standard InChI is InChI=1S/C18H14ClNO4S/c19-14-3-1-2-4-16(14)24-10-9-23-13-7-5-12(6-8-13)17-20-15(11-25-17)18(21)22/h1-8,11H,9-10H2,(H,21,22). The van der Waals surface area contributed by atoms with E-state index < -0.39 is 5.97 Å². The monoisotopic (exact) mass is 375 g/mol. The zero-order valence-electron chi connectivity index (χ0n) is 13.0. The fraction of sp³-hybridized carbons (Fsp3) is 0.111. The first-order chi connectivity index (χ1) is 12.1. The highest BCUT2D eigenvalue weighted by Gasteiger charge is 2.10. The van der Waals surface area contributed by atoms with Crippen molar-refractivity contribution in [1.29, 1.82) is 0 Å². The van der Waals surface area contributed by atoms with Gasteiger partial charge in [0.2, 0.25) is 0 Å². The normalized spacial score (nSPS) is 10.4. The zero-order chi connectivity index (χ0) is 17.6. The van der Waals surface area contributed by atoms with Gasteiger partial charge in [-0.05, 0) is 36.4 Å². The minimum absolute atomic E-state index is 0.0528. The molecule has 0 atom stereocenters. The smallest absolute Gasteiger partial charge is 0.355 e. The first-order valence-electron chi connectivity index (χ1n) is 7.43. The molecule has 0 unspecified atom stereocenters. The summed E-state index contributed by atoms with van der Waals surface area (Å²) in [6.45, 7) is 0.755. The molecule has 25 heavy (non-hydrogen) atoms. The van der Waals surface area contributed by atoms with Crippen LogP contribution in [0.1, 0.15) is 10.5 Å². The Morgan fingerprint density at radius 1 is 1.08 bits per heavy atom. The van der Waals surface area contributed by atoms with E-state index >= 15 is 0 Å². The third-order valence-corrected chi connectivity index (χ3v) is 4.47. The van der Waals surface area contributed by atoms with Gasteiger partial charge in [-0.1, -0.05) is 23.7 Å². The highest BCUT2D eigenvalue weighted by molar-refractivity contribution is 7.13. The van der Waals surface area contributed by atoms with Crippen molar-refractivity contribution in [2.24, 2.45) is 0 Å². The first kappa shape index (κ1) is 17.3. The van der Waals surface area contributed by atoms with Gasteiger partial charge in [-0.25, -0.2) is 9.78 Å². The second-order valence-corrected chi connectivity index (χ2v) is 6.26. The molecule has 7 heteroatoms. The average Bonchev–Trinajstić information content (AvgIpc) is 3.11. The van der Waals surface area contributed by atoms with Crippen LogP contribution >= 0.6 is 22.9 Å². The van der Waals surface area contributed by atoms with Crippen molar-refractivity contribution in [3.05, 3.63) is 64.6 Å². The van der Waals surface area contributed by atoms with Gasteiger partial charge in [-0.2, -0.15) is 0 Å². The lowest BCUT2D eigenvalue weighted by atomic mass is 10.2. The molecule has 0 amide bonds. The molecule has 3 rings (SSSR count). The highest BCUT2D eigenvalue weighted by Crippen LogP contribution is 2.26. The Morgan fingerprint density at radius 3 is 2.48 bits per heavy atom. The summed E-state index contributed by atoms with van der Waals surface area (Å²) in [6.07, 6.45) is 0. The van der Waals surface area contributed by atoms with E-state index in [2.05, 4.69) is 4.98 Å². The fourth-order valence-electron chi connectivity index (χ4n) is 2.07. The number of carbonyl (C=O) groups is 1. The minimum Gasteiger partial charge on any atom is -0.490 e. The number of aromatic nitrogens is 1. The summed E-state index contributed by atoms with van der Waals surface area (Å²) in [4.78, 5) is 14.9. The predicted molar refractivity (Wildman–Crippen MR) is 97.0 cm³/mol. The Labute approximate surface area is 153 Å². The quantitative estimate of drug-likeness (QED) is 0.610. The van der Waals surface area contributed by atoms with Crippen molar-refractivity contribution in [3.63, 3.8) is 0 Å². The van der Waals surface area contributed by atoms with E-state index in [9.17, 15) is 4.79 Å². The van der Waals surface area contributed by atoms with Crippen LogP contribution in [0.5, 0.6) is 11.5 Å². The van der Waals surface area contributed by atoms with Crippen molar-refractivity contribution >= 4 is 28.9 Å². The van der Waals surface area contributed by atoms with E-state index in [0.717, 1.165) is 5.56 Å². The van der Waals surface area contributed by atoms with Crippen LogP contribution < -0.4 is 9.47 Å². The van der Waals surface area contributed by atoms with Crippen molar-refractivity contribution in [2.75, 3.05) is 13.2 Å². The number of hydrogen-bond donors (Lipinski definition) is 1. The molecular formula is C18H14ClNO4S. The van der Waals surface area contributed by atoms with E-state index in [0.29, 0.717) is 34.7 Å². The molecule has 5 nitrogen and oxygen atoms in total. The molecule has 0 fully saturated rings. The molecule has 1 N–H and O–H groups in total. The van der Waals surface area contributed by atoms with Gasteiger partial charge in [-0.3, -0.25) is 0 Å². The van der Waals surface area contributed by atoms with Crippen molar-refractivity contribution < 1.29 is 19.4 Å². The Balaban J connectivity index is 1.52. The molecule has 0 bridgehead atoms. The summed E-state index contributed by atoms with van der Waals surface area (Å²) in [6, 6.07) is 14.6. The summed E-state index contributed by atoms with van der Waals surface area (Å²) in [5.41, 5.74) is 0.897. The third kappa shape index (κ3) is 4.49. The summed E-state index contributed by atoms with van der Waals surface area (Å²) in [5, 5.41) is 11.7. The predicted octanol–water partition coefficient (Wildman–Crippen LogP) is 4.62. The molecule has 0 radical (unpaired) electrons. The van der Waals surface area contributed by atoms with Gasteiger partial charge in [0.15, 0.2) is 5.69 Å². The number of carboxylic acid groups (broad SMARTS) is 1. The summed E-state index contributed by atoms with van der Waals surface area (Å²) >= 11 is 7.30. The van der Waals surface area contributed by atoms with Gasteiger partial charge >= 0.3 is 5.97 Å². The first-order valence-corrected chi connectivity index (χ1v) is 8.68. The minimum atomic E-state index is -1.03. The molecule has 0 aliphatic heterocycles. The Morgan fingerprint density at radius 2 is 1.80 bits per heavy atom. The Hall–Kier alpha value is -2.57. The lowest BCUT2D eigenvalue weighted by molar-refractivity contribution is 0.0691. The van der Waals surface area contributed by atoms with Crippen LogP contribution in [0, 0.1) is 0 Å². The largest absolute Gasteiger partial charge is 0.490 e. The zero-order valence-corrected chi connectivity index (χ0v) is 14.6. The SMILES string of the molecule is O=C(O)c1csc(-c2ccc(OCCOc3ccccc3Cl)cc2)n1. The molecule has 1 heterocycles. The maximum absolute atomic E-state index is 10.9. The number of benzene rings is 2. The number of carboxylic acids is 1. The number of rotatable bonds is 7. The number of aromatic carboxylic acids is 1. The van der Waals surface area contributed by atoms with Gasteiger partial charge in [0.1, 0.15) is 29.7 Å². The molecule has 128 valence electrons. The maximum Gasteiger partial charge on any atom is 0.355 e. The fourth-order valence-corrected chi connectivity index (χ4v) is 3.06. The molecule has 0 spiro atoms. The van der Waals surface area contributed by atoms with Gasteiger partial charge in [0, 0.05) is 10.9 Å². The van der Waals surface area contributed by atoms with Gasteiger partial charge < -0.3 is 14.6 Å². The molecule has 0 aliphatic carbocycles. The van der Waals surface area contributed by atoms with Crippen LogP contribution in [0.25, 0.3) is 10.6 Å². The van der Waals surface area contributed by atoms with Gasteiger partial charge in [0.25, 0.3) is 0 Å². The van der Waals surface area contributed by atoms with Crippen LogP contribution in [0.3, 0.4) is 0 Å². The maximum atomic E-state index is 10.9. The van der Waals surface area contributed by atoms with E-state index in [4.69, 9.17) is 26.2 Å². The van der Waals surface area contributed by atoms with Crippen molar-refractivity contribution in [2.45, 2.75) is 0 Å². The van der Waals surface area contributed by atoms with E-state index in [1.807, 2.05) is 36.4 Å². The molecule has 0 saturated carbocycles. The summed E-state index contributed by atoms with van der Waals surface area (Å²) in [7, 11) is 0. The lowest BCUT2D eigenvalue weighted by Gasteiger charge is -2.09. The number of para-hydroxylation sites is 1. The van der Waals surface area contributed by atoms with Crippen LogP contribution in [0.15, 0.2) is 53.9 Å².